The second-order valence-corrected chi connectivity index (χ2v) is 8.02. The molecule has 0 bridgehead atoms. The van der Waals surface area contributed by atoms with E-state index in [0.717, 1.165) is 38.0 Å². The van der Waals surface area contributed by atoms with Crippen LogP contribution in [0.5, 0.6) is 0 Å². The molecular weight excluding hydrogens is 332 g/mol. The summed E-state index contributed by atoms with van der Waals surface area (Å²) in [6.07, 6.45) is 6.94. The quantitative estimate of drug-likeness (QED) is 0.912. The monoisotopic (exact) mass is 354 g/mol. The van der Waals surface area contributed by atoms with Crippen molar-refractivity contribution in [2.24, 2.45) is 5.92 Å². The van der Waals surface area contributed by atoms with Crippen molar-refractivity contribution in [1.82, 2.24) is 20.1 Å². The molecule has 3 fully saturated rings. The number of aryl methyl sites for hydroxylation is 1. The number of nitrogens with zero attached hydrogens (tertiary/aromatic N) is 3. The van der Waals surface area contributed by atoms with Crippen LogP contribution in [-0.4, -0.2) is 39.1 Å². The molecule has 2 atom stereocenters. The molecule has 0 spiro atoms. The summed E-state index contributed by atoms with van der Waals surface area (Å²) in [6, 6.07) is 1.77. The second kappa shape index (κ2) is 5.53. The highest BCUT2D eigenvalue weighted by Gasteiger charge is 2.55. The summed E-state index contributed by atoms with van der Waals surface area (Å²) in [7, 11) is 0. The first-order valence-electron chi connectivity index (χ1n) is 9.40. The van der Waals surface area contributed by atoms with Gasteiger partial charge in [-0.3, -0.25) is 9.59 Å². The third-order valence-electron chi connectivity index (χ3n) is 6.33. The smallest absolute Gasteiger partial charge is 0.261 e. The molecule has 136 valence electrons. The van der Waals surface area contributed by atoms with Crippen LogP contribution in [0.4, 0.5) is 0 Å². The maximum absolute atomic E-state index is 13.1. The first-order valence-corrected chi connectivity index (χ1v) is 9.40. The van der Waals surface area contributed by atoms with E-state index in [0.29, 0.717) is 36.4 Å². The van der Waals surface area contributed by atoms with E-state index in [1.807, 2.05) is 4.90 Å². The molecule has 1 aliphatic heterocycles. The molecule has 26 heavy (non-hydrogen) atoms. The minimum Gasteiger partial charge on any atom is -0.424 e. The predicted octanol–water partition coefficient (Wildman–Crippen LogP) is 2.14. The van der Waals surface area contributed by atoms with Crippen molar-refractivity contribution in [1.29, 1.82) is 0 Å². The van der Waals surface area contributed by atoms with Crippen molar-refractivity contribution < 1.29 is 9.21 Å². The lowest BCUT2D eigenvalue weighted by Crippen LogP contribution is -2.37. The molecule has 2 aliphatic carbocycles. The Hall–Kier alpha value is -2.44. The van der Waals surface area contributed by atoms with Crippen molar-refractivity contribution in [3.05, 3.63) is 45.5 Å². The van der Waals surface area contributed by atoms with Gasteiger partial charge in [-0.25, -0.2) is 0 Å². The summed E-state index contributed by atoms with van der Waals surface area (Å²) in [6.45, 7) is 3.00. The summed E-state index contributed by atoms with van der Waals surface area (Å²) in [4.78, 5) is 29.7. The van der Waals surface area contributed by atoms with Crippen LogP contribution in [0.15, 0.2) is 21.5 Å². The number of rotatable bonds is 3. The Morgan fingerprint density at radius 2 is 2.19 bits per heavy atom. The number of carbonyl (C=O) groups is 1. The Labute approximate surface area is 150 Å². The van der Waals surface area contributed by atoms with Gasteiger partial charge < -0.3 is 14.3 Å². The number of amides is 1. The number of aromatic amines is 1. The van der Waals surface area contributed by atoms with E-state index in [9.17, 15) is 9.59 Å². The molecule has 7 heteroatoms. The SMILES string of the molecule is Cc1cc[nH]c(=O)c1C(=O)N1C[C@@H]2CCC[C@]2(c2nnc(C3CC3)o2)C1. The van der Waals surface area contributed by atoms with E-state index in [2.05, 4.69) is 15.2 Å². The summed E-state index contributed by atoms with van der Waals surface area (Å²) in [5.74, 6) is 2.00. The zero-order chi connectivity index (χ0) is 17.9. The molecule has 0 radical (unpaired) electrons. The fourth-order valence-electron chi connectivity index (χ4n) is 4.73. The molecule has 3 heterocycles. The third-order valence-corrected chi connectivity index (χ3v) is 6.33. The number of hydrogen-bond acceptors (Lipinski definition) is 5. The fourth-order valence-corrected chi connectivity index (χ4v) is 4.73. The minimum atomic E-state index is -0.324. The number of fused-ring (bicyclic) bond motifs is 1. The van der Waals surface area contributed by atoms with E-state index in [-0.39, 0.29) is 22.4 Å². The lowest BCUT2D eigenvalue weighted by atomic mass is 9.80. The number of nitrogens with one attached hydrogen (secondary N) is 1. The van der Waals surface area contributed by atoms with Gasteiger partial charge >= 0.3 is 0 Å². The Bertz CT molecular complexity index is 929. The highest BCUT2D eigenvalue weighted by Crippen LogP contribution is 2.51. The molecular formula is C19H22N4O3. The number of hydrogen-bond donors (Lipinski definition) is 1. The maximum Gasteiger partial charge on any atom is 0.261 e. The van der Waals surface area contributed by atoms with E-state index < -0.39 is 0 Å². The Kier molecular flexibility index (Phi) is 3.36. The number of aromatic nitrogens is 3. The molecule has 1 N–H and O–H groups in total. The van der Waals surface area contributed by atoms with Crippen molar-refractivity contribution in [2.75, 3.05) is 13.1 Å². The number of likely N-dealkylation sites (tertiary alicyclic amines) is 1. The zero-order valence-electron chi connectivity index (χ0n) is 14.8. The van der Waals surface area contributed by atoms with E-state index >= 15 is 0 Å². The molecule has 2 saturated carbocycles. The van der Waals surface area contributed by atoms with Crippen LogP contribution in [-0.2, 0) is 5.41 Å². The molecule has 5 rings (SSSR count). The maximum atomic E-state index is 13.1. The van der Waals surface area contributed by atoms with Gasteiger partial charge in [0.25, 0.3) is 11.5 Å². The summed E-state index contributed by atoms with van der Waals surface area (Å²) < 4.78 is 6.05. The summed E-state index contributed by atoms with van der Waals surface area (Å²) in [5, 5.41) is 8.63. The van der Waals surface area contributed by atoms with Gasteiger partial charge in [-0.1, -0.05) is 6.42 Å². The van der Waals surface area contributed by atoms with Gasteiger partial charge in [-0.15, -0.1) is 10.2 Å². The summed E-state index contributed by atoms with van der Waals surface area (Å²) >= 11 is 0. The normalized spacial score (nSPS) is 27.7. The highest BCUT2D eigenvalue weighted by atomic mass is 16.4. The first kappa shape index (κ1) is 15.8. The largest absolute Gasteiger partial charge is 0.424 e. The van der Waals surface area contributed by atoms with Gasteiger partial charge in [0.05, 0.1) is 5.41 Å². The van der Waals surface area contributed by atoms with Gasteiger partial charge in [0.1, 0.15) is 5.56 Å². The zero-order valence-corrected chi connectivity index (χ0v) is 14.8. The van der Waals surface area contributed by atoms with Crippen LogP contribution >= 0.6 is 0 Å². The van der Waals surface area contributed by atoms with Crippen LogP contribution in [0.3, 0.4) is 0 Å². The molecule has 2 aromatic rings. The topological polar surface area (TPSA) is 92.1 Å². The lowest BCUT2D eigenvalue weighted by Gasteiger charge is -2.24. The van der Waals surface area contributed by atoms with Gasteiger partial charge in [-0.2, -0.15) is 0 Å². The molecule has 1 amide bonds. The van der Waals surface area contributed by atoms with Crippen LogP contribution in [0.25, 0.3) is 0 Å². The predicted molar refractivity (Wildman–Crippen MR) is 93.0 cm³/mol. The summed E-state index contributed by atoms with van der Waals surface area (Å²) in [5.41, 5.74) is 0.381. The third kappa shape index (κ3) is 2.26. The number of pyridine rings is 1. The van der Waals surface area contributed by atoms with Crippen LogP contribution in [0.1, 0.15) is 65.7 Å². The van der Waals surface area contributed by atoms with Gasteiger partial charge in [0.15, 0.2) is 0 Å². The molecule has 0 aromatic carbocycles. The van der Waals surface area contributed by atoms with Crippen LogP contribution in [0, 0.1) is 12.8 Å². The molecule has 0 unspecified atom stereocenters. The molecule has 7 nitrogen and oxygen atoms in total. The van der Waals surface area contributed by atoms with Crippen molar-refractivity contribution >= 4 is 5.91 Å². The van der Waals surface area contributed by atoms with E-state index in [4.69, 9.17) is 4.42 Å². The molecule has 3 aliphatic rings. The van der Waals surface area contributed by atoms with Gasteiger partial charge in [0, 0.05) is 25.2 Å². The van der Waals surface area contributed by atoms with Crippen molar-refractivity contribution in [2.45, 2.75) is 50.4 Å². The number of carbonyl (C=O) groups excluding carboxylic acids is 1. The van der Waals surface area contributed by atoms with Crippen LogP contribution < -0.4 is 5.56 Å². The average molecular weight is 354 g/mol. The van der Waals surface area contributed by atoms with E-state index in [1.165, 1.54) is 0 Å². The van der Waals surface area contributed by atoms with Gasteiger partial charge in [0.2, 0.25) is 11.8 Å². The Morgan fingerprint density at radius 3 is 2.96 bits per heavy atom. The Balaban J connectivity index is 1.47. The second-order valence-electron chi connectivity index (χ2n) is 8.02. The molecule has 2 aromatic heterocycles. The first-order chi connectivity index (χ1) is 12.6. The standard InChI is InChI=1S/C19H22N4O3/c1-11-6-8-20-15(24)14(11)17(25)23-9-13-3-2-7-19(13,10-23)18-22-21-16(26-18)12-4-5-12/h6,8,12-13H,2-5,7,9-10H2,1H3,(H,20,24)/t13-,19-/m0/s1. The lowest BCUT2D eigenvalue weighted by molar-refractivity contribution is 0.0773. The van der Waals surface area contributed by atoms with Crippen LogP contribution in [0.2, 0.25) is 0 Å². The van der Waals surface area contributed by atoms with E-state index in [1.54, 1.807) is 19.2 Å². The Morgan fingerprint density at radius 1 is 1.35 bits per heavy atom. The highest BCUT2D eigenvalue weighted by molar-refractivity contribution is 5.95. The van der Waals surface area contributed by atoms with Crippen molar-refractivity contribution in [3.8, 4) is 0 Å². The average Bonchev–Trinajstić information content (AvgIpc) is 3.04. The minimum absolute atomic E-state index is 0.194. The number of H-pyrrole nitrogens is 1. The molecule has 1 saturated heterocycles. The van der Waals surface area contributed by atoms with Gasteiger partial charge in [-0.05, 0) is 50.2 Å². The fraction of sp³-hybridized carbons (Fsp3) is 0.579. The van der Waals surface area contributed by atoms with Crippen molar-refractivity contribution in [3.63, 3.8) is 0 Å².